The maximum Gasteiger partial charge on any atom is 0.245 e. The van der Waals surface area contributed by atoms with Crippen molar-refractivity contribution >= 4 is 29.1 Å². The Labute approximate surface area is 182 Å². The number of nitriles is 3. The molecule has 1 aromatic heterocycles. The second-order valence-corrected chi connectivity index (χ2v) is 8.02. The number of hydrogen-bond donors (Lipinski definition) is 1. The molecule has 4 unspecified atom stereocenters. The van der Waals surface area contributed by atoms with Crippen molar-refractivity contribution in [2.45, 2.75) is 18.8 Å². The molecule has 1 aromatic carbocycles. The highest BCUT2D eigenvalue weighted by Gasteiger charge is 2.80. The SMILES string of the molecule is CC1C2(c3ccc(Cl)cc3Cl)OC(=N)C1(C#N)C(C#N)(C#N)C(c1ccncc1)O2. The number of ether oxygens (including phenoxy) is 2. The summed E-state index contributed by atoms with van der Waals surface area (Å²) >= 11 is 12.5. The van der Waals surface area contributed by atoms with Crippen molar-refractivity contribution in [3.05, 3.63) is 63.9 Å². The predicted molar refractivity (Wildman–Crippen MR) is 106 cm³/mol. The van der Waals surface area contributed by atoms with Crippen LogP contribution in [0.2, 0.25) is 10.0 Å². The second-order valence-electron chi connectivity index (χ2n) is 7.17. The summed E-state index contributed by atoms with van der Waals surface area (Å²) in [6.07, 6.45) is 1.78. The smallest absolute Gasteiger partial charge is 0.245 e. The van der Waals surface area contributed by atoms with Crippen LogP contribution in [-0.4, -0.2) is 10.9 Å². The topological polar surface area (TPSA) is 127 Å². The monoisotopic (exact) mass is 437 g/mol. The lowest BCUT2D eigenvalue weighted by molar-refractivity contribution is -0.288. The molecule has 2 saturated heterocycles. The summed E-state index contributed by atoms with van der Waals surface area (Å²) in [5, 5.41) is 39.7. The average Bonchev–Trinajstić information content (AvgIpc) is 2.90. The van der Waals surface area contributed by atoms with Gasteiger partial charge < -0.3 is 9.47 Å². The van der Waals surface area contributed by atoms with Crippen molar-refractivity contribution in [1.29, 1.82) is 21.2 Å². The molecule has 0 aliphatic carbocycles. The largest absolute Gasteiger partial charge is 0.443 e. The minimum Gasteiger partial charge on any atom is -0.443 e. The minimum atomic E-state index is -2.04. The van der Waals surface area contributed by atoms with Gasteiger partial charge in [0, 0.05) is 23.0 Å². The number of hydrogen-bond acceptors (Lipinski definition) is 7. The van der Waals surface area contributed by atoms with Crippen LogP contribution in [-0.2, 0) is 15.3 Å². The third kappa shape index (κ3) is 2.22. The number of rotatable bonds is 2. The first-order chi connectivity index (χ1) is 14.3. The number of halogens is 2. The van der Waals surface area contributed by atoms with Crippen LogP contribution in [0.4, 0.5) is 0 Å². The maximum atomic E-state index is 10.3. The van der Waals surface area contributed by atoms with Crippen molar-refractivity contribution in [1.82, 2.24) is 4.98 Å². The molecule has 30 heavy (non-hydrogen) atoms. The normalized spacial score (nSPS) is 31.1. The second kappa shape index (κ2) is 6.69. The van der Waals surface area contributed by atoms with Gasteiger partial charge in [0.2, 0.25) is 17.1 Å². The van der Waals surface area contributed by atoms with E-state index in [9.17, 15) is 15.8 Å². The molecule has 2 aliphatic heterocycles. The molecule has 1 N–H and O–H groups in total. The summed E-state index contributed by atoms with van der Waals surface area (Å²) in [5.41, 5.74) is -3.14. The number of benzene rings is 1. The van der Waals surface area contributed by atoms with Crippen LogP contribution >= 0.6 is 23.2 Å². The summed E-state index contributed by atoms with van der Waals surface area (Å²) in [6, 6.07) is 13.9. The lowest BCUT2D eigenvalue weighted by Gasteiger charge is -2.48. The molecule has 4 atom stereocenters. The van der Waals surface area contributed by atoms with Crippen LogP contribution in [0.25, 0.3) is 0 Å². The van der Waals surface area contributed by atoms with E-state index in [4.69, 9.17) is 38.1 Å². The van der Waals surface area contributed by atoms with Gasteiger partial charge in [0.25, 0.3) is 0 Å². The summed E-state index contributed by atoms with van der Waals surface area (Å²) in [5.74, 6) is -3.08. The van der Waals surface area contributed by atoms with E-state index < -0.39 is 34.5 Å². The molecule has 0 radical (unpaired) electrons. The van der Waals surface area contributed by atoms with E-state index in [-0.39, 0.29) is 5.02 Å². The standard InChI is InChI=1S/C21H13Cl2N5O2/c1-12-20(11-26)18(27)30-21(12,15-3-2-14(22)8-16(15)23)29-17(19(20,9-24)10-25)13-4-6-28-7-5-13/h2-8,12,17,27H,1H3. The lowest BCUT2D eigenvalue weighted by Crippen LogP contribution is -2.57. The van der Waals surface area contributed by atoms with Crippen LogP contribution in [0.3, 0.4) is 0 Å². The molecular formula is C21H13Cl2N5O2. The highest BCUT2D eigenvalue weighted by molar-refractivity contribution is 6.35. The van der Waals surface area contributed by atoms with Gasteiger partial charge in [0.05, 0.1) is 29.1 Å². The zero-order valence-electron chi connectivity index (χ0n) is 15.6. The van der Waals surface area contributed by atoms with Gasteiger partial charge in [-0.3, -0.25) is 10.4 Å². The Kier molecular flexibility index (Phi) is 4.49. The van der Waals surface area contributed by atoms with Gasteiger partial charge >= 0.3 is 0 Å². The van der Waals surface area contributed by atoms with Gasteiger partial charge in [-0.15, -0.1) is 0 Å². The molecule has 0 amide bonds. The number of nitrogens with zero attached hydrogens (tertiary/aromatic N) is 4. The van der Waals surface area contributed by atoms with Gasteiger partial charge in [-0.25, -0.2) is 0 Å². The predicted octanol–water partition coefficient (Wildman–Crippen LogP) is 4.50. The summed E-state index contributed by atoms with van der Waals surface area (Å²) in [4.78, 5) is 3.96. The van der Waals surface area contributed by atoms with Crippen LogP contribution in [0.5, 0.6) is 0 Å². The summed E-state index contributed by atoms with van der Waals surface area (Å²) in [7, 11) is 0. The molecule has 0 saturated carbocycles. The first kappa shape index (κ1) is 20.1. The van der Waals surface area contributed by atoms with Crippen molar-refractivity contribution in [3.63, 3.8) is 0 Å². The lowest BCUT2D eigenvalue weighted by atomic mass is 9.53. The number of aromatic nitrogens is 1. The number of fused-ring (bicyclic) bond motifs is 2. The number of pyridine rings is 1. The van der Waals surface area contributed by atoms with Crippen LogP contribution < -0.4 is 0 Å². The fourth-order valence-corrected chi connectivity index (χ4v) is 4.99. The average molecular weight is 438 g/mol. The van der Waals surface area contributed by atoms with E-state index in [1.54, 1.807) is 31.2 Å². The first-order valence-corrected chi connectivity index (χ1v) is 9.63. The summed E-state index contributed by atoms with van der Waals surface area (Å²) < 4.78 is 12.2. The molecule has 0 spiro atoms. The van der Waals surface area contributed by atoms with Gasteiger partial charge in [-0.1, -0.05) is 30.1 Å². The molecule has 4 rings (SSSR count). The Morgan fingerprint density at radius 2 is 1.73 bits per heavy atom. The highest BCUT2D eigenvalue weighted by atomic mass is 35.5. The van der Waals surface area contributed by atoms with E-state index in [0.717, 1.165) is 0 Å². The molecule has 2 aromatic rings. The van der Waals surface area contributed by atoms with Crippen LogP contribution in [0, 0.1) is 56.2 Å². The van der Waals surface area contributed by atoms with Gasteiger partial charge in [-0.2, -0.15) is 15.8 Å². The first-order valence-electron chi connectivity index (χ1n) is 8.88. The molecule has 2 bridgehead atoms. The van der Waals surface area contributed by atoms with Gasteiger partial charge in [0.1, 0.15) is 6.10 Å². The van der Waals surface area contributed by atoms with Crippen molar-refractivity contribution in [3.8, 4) is 18.2 Å². The fourth-order valence-electron chi connectivity index (χ4n) is 4.45. The Bertz CT molecular complexity index is 1170. The zero-order valence-corrected chi connectivity index (χ0v) is 17.1. The Balaban J connectivity index is 2.07. The van der Waals surface area contributed by atoms with E-state index >= 15 is 0 Å². The summed E-state index contributed by atoms with van der Waals surface area (Å²) in [6.45, 7) is 1.61. The van der Waals surface area contributed by atoms with E-state index in [1.165, 1.54) is 18.5 Å². The Morgan fingerprint density at radius 3 is 2.30 bits per heavy atom. The van der Waals surface area contributed by atoms with Gasteiger partial charge in [0.15, 0.2) is 5.41 Å². The quantitative estimate of drug-likeness (QED) is 0.736. The third-order valence-corrected chi connectivity index (χ3v) is 6.53. The minimum absolute atomic E-state index is 0.214. The third-order valence-electron chi connectivity index (χ3n) is 5.98. The zero-order chi connectivity index (χ0) is 21.7. The van der Waals surface area contributed by atoms with Gasteiger partial charge in [-0.05, 0) is 35.9 Å². The Hall–Kier alpha value is -3.15. The van der Waals surface area contributed by atoms with Crippen LogP contribution in [0.15, 0.2) is 42.7 Å². The van der Waals surface area contributed by atoms with Crippen molar-refractivity contribution in [2.24, 2.45) is 16.7 Å². The molecule has 9 heteroatoms. The van der Waals surface area contributed by atoms with Crippen molar-refractivity contribution in [2.75, 3.05) is 0 Å². The Morgan fingerprint density at radius 1 is 1.07 bits per heavy atom. The molecule has 2 fully saturated rings. The maximum absolute atomic E-state index is 10.3. The molecule has 2 aliphatic rings. The highest BCUT2D eigenvalue weighted by Crippen LogP contribution is 2.69. The van der Waals surface area contributed by atoms with Crippen LogP contribution in [0.1, 0.15) is 24.2 Å². The molecular weight excluding hydrogens is 425 g/mol. The number of nitrogens with one attached hydrogen (secondary N) is 1. The molecule has 7 nitrogen and oxygen atoms in total. The van der Waals surface area contributed by atoms with Crippen molar-refractivity contribution < 1.29 is 9.47 Å². The van der Waals surface area contributed by atoms with E-state index in [2.05, 4.69) is 11.1 Å². The van der Waals surface area contributed by atoms with E-state index in [1.807, 2.05) is 12.1 Å². The fraction of sp³-hybridized carbons (Fsp3) is 0.286. The molecule has 148 valence electrons. The van der Waals surface area contributed by atoms with E-state index in [0.29, 0.717) is 16.1 Å². The molecule has 3 heterocycles.